The van der Waals surface area contributed by atoms with Gasteiger partial charge in [-0.15, -0.1) is 0 Å². The molecule has 1 aromatic rings. The number of hydrogen-bond donors (Lipinski definition) is 1. The smallest absolute Gasteiger partial charge is 0.290 e. The molecule has 0 spiro atoms. The second kappa shape index (κ2) is 6.04. The van der Waals surface area contributed by atoms with Crippen molar-refractivity contribution in [1.82, 2.24) is 4.98 Å². The molecule has 54 valence electrons. The van der Waals surface area contributed by atoms with Gasteiger partial charge in [-0.05, 0) is 12.1 Å². The predicted octanol–water partition coefficient (Wildman–Crippen LogP) is 1.44. The number of carbonyl (C=O) groups is 1. The van der Waals surface area contributed by atoms with Crippen LogP contribution in [0.1, 0.15) is 0 Å². The highest BCUT2D eigenvalue weighted by atomic mass is 35.5. The van der Waals surface area contributed by atoms with Gasteiger partial charge in [-0.3, -0.25) is 9.78 Å². The van der Waals surface area contributed by atoms with E-state index in [1.807, 2.05) is 0 Å². The molecular weight excluding hydrogens is 154 g/mol. The van der Waals surface area contributed by atoms with Crippen molar-refractivity contribution in [1.29, 1.82) is 0 Å². The van der Waals surface area contributed by atoms with E-state index in [1.54, 1.807) is 24.5 Å². The van der Waals surface area contributed by atoms with Crippen LogP contribution in [0.15, 0.2) is 24.5 Å². The van der Waals surface area contributed by atoms with E-state index >= 15 is 0 Å². The fourth-order valence-corrected chi connectivity index (χ4v) is 0.446. The van der Waals surface area contributed by atoms with Crippen LogP contribution in [0.3, 0.4) is 0 Å². The Balaban J connectivity index is 0.000000236. The molecule has 0 aliphatic carbocycles. The fourth-order valence-electron chi connectivity index (χ4n) is 0.334. The van der Waals surface area contributed by atoms with Gasteiger partial charge in [-0.1, -0.05) is 11.6 Å². The molecule has 0 radical (unpaired) electrons. The number of hydrogen-bond acceptors (Lipinski definition) is 2. The highest BCUT2D eigenvalue weighted by molar-refractivity contribution is 6.30. The van der Waals surface area contributed by atoms with Crippen molar-refractivity contribution in [2.24, 2.45) is 0 Å². The summed E-state index contributed by atoms with van der Waals surface area (Å²) in [4.78, 5) is 12.1. The summed E-state index contributed by atoms with van der Waals surface area (Å²) in [5.74, 6) is 0. The van der Waals surface area contributed by atoms with Crippen molar-refractivity contribution in [2.45, 2.75) is 0 Å². The van der Waals surface area contributed by atoms with Gasteiger partial charge in [-0.2, -0.15) is 0 Å². The molecule has 4 heteroatoms. The van der Waals surface area contributed by atoms with Crippen LogP contribution in [0.25, 0.3) is 0 Å². The molecule has 0 amide bonds. The zero-order valence-corrected chi connectivity index (χ0v) is 5.82. The number of halogens is 1. The van der Waals surface area contributed by atoms with E-state index in [0.29, 0.717) is 0 Å². The molecule has 1 heterocycles. The SMILES string of the molecule is Clc1ccncc1.O=CO. The van der Waals surface area contributed by atoms with Gasteiger partial charge in [0.05, 0.1) is 0 Å². The van der Waals surface area contributed by atoms with Crippen molar-refractivity contribution in [3.63, 3.8) is 0 Å². The molecule has 0 atom stereocenters. The molecule has 0 bridgehead atoms. The summed E-state index contributed by atoms with van der Waals surface area (Å²) in [6.45, 7) is -0.250. The van der Waals surface area contributed by atoms with Crippen LogP contribution in [-0.2, 0) is 4.79 Å². The Hall–Kier alpha value is -1.09. The van der Waals surface area contributed by atoms with Crippen molar-refractivity contribution in [3.05, 3.63) is 29.5 Å². The second-order valence-corrected chi connectivity index (χ2v) is 1.71. The molecule has 0 fully saturated rings. The first kappa shape index (κ1) is 8.91. The lowest BCUT2D eigenvalue weighted by molar-refractivity contribution is -0.122. The van der Waals surface area contributed by atoms with Crippen molar-refractivity contribution >= 4 is 18.1 Å². The fraction of sp³-hybridized carbons (Fsp3) is 0. The first-order valence-corrected chi connectivity index (χ1v) is 2.82. The highest BCUT2D eigenvalue weighted by Gasteiger charge is 1.75. The van der Waals surface area contributed by atoms with E-state index in [2.05, 4.69) is 4.98 Å². The average molecular weight is 160 g/mol. The molecule has 0 aliphatic rings. The molecule has 0 saturated heterocycles. The lowest BCUT2D eigenvalue weighted by atomic mass is 10.5. The summed E-state index contributed by atoms with van der Waals surface area (Å²) < 4.78 is 0. The summed E-state index contributed by atoms with van der Waals surface area (Å²) in [6, 6.07) is 3.48. The topological polar surface area (TPSA) is 50.2 Å². The summed E-state index contributed by atoms with van der Waals surface area (Å²) in [5.41, 5.74) is 0. The molecule has 1 aromatic heterocycles. The van der Waals surface area contributed by atoms with Gasteiger partial charge in [-0.25, -0.2) is 0 Å². The van der Waals surface area contributed by atoms with Gasteiger partial charge >= 0.3 is 0 Å². The molecule has 0 aromatic carbocycles. The zero-order valence-electron chi connectivity index (χ0n) is 5.07. The normalized spacial score (nSPS) is 7.30. The van der Waals surface area contributed by atoms with Crippen LogP contribution in [0, 0.1) is 0 Å². The van der Waals surface area contributed by atoms with E-state index in [-0.39, 0.29) is 6.47 Å². The number of aromatic nitrogens is 1. The van der Waals surface area contributed by atoms with Crippen LogP contribution in [0.5, 0.6) is 0 Å². The summed E-state index contributed by atoms with van der Waals surface area (Å²) >= 11 is 5.50. The van der Waals surface area contributed by atoms with Gasteiger partial charge in [0.25, 0.3) is 6.47 Å². The van der Waals surface area contributed by atoms with E-state index in [4.69, 9.17) is 21.5 Å². The zero-order chi connectivity index (χ0) is 7.82. The first-order valence-electron chi connectivity index (χ1n) is 2.44. The lowest BCUT2D eigenvalue weighted by Gasteiger charge is -1.79. The maximum absolute atomic E-state index is 8.36. The molecule has 0 aliphatic heterocycles. The number of pyridine rings is 1. The number of rotatable bonds is 0. The molecule has 3 nitrogen and oxygen atoms in total. The Kier molecular flexibility index (Phi) is 5.38. The van der Waals surface area contributed by atoms with E-state index in [9.17, 15) is 0 Å². The monoisotopic (exact) mass is 159 g/mol. The Morgan fingerprint density at radius 2 is 1.90 bits per heavy atom. The maximum Gasteiger partial charge on any atom is 0.290 e. The molecule has 0 unspecified atom stereocenters. The number of carboxylic acid groups (broad SMARTS) is 1. The maximum atomic E-state index is 8.36. The average Bonchev–Trinajstić information content (AvgIpc) is 1.91. The van der Waals surface area contributed by atoms with E-state index in [1.165, 1.54) is 0 Å². The Morgan fingerprint density at radius 1 is 1.50 bits per heavy atom. The van der Waals surface area contributed by atoms with Crippen LogP contribution in [0.2, 0.25) is 5.02 Å². The largest absolute Gasteiger partial charge is 0.483 e. The molecule has 1 N–H and O–H groups in total. The predicted molar refractivity (Wildman–Crippen MR) is 37.9 cm³/mol. The van der Waals surface area contributed by atoms with Gasteiger partial charge in [0.2, 0.25) is 0 Å². The molecule has 0 saturated carbocycles. The summed E-state index contributed by atoms with van der Waals surface area (Å²) in [6.07, 6.45) is 3.31. The molecule has 1 rings (SSSR count). The van der Waals surface area contributed by atoms with Crippen molar-refractivity contribution < 1.29 is 9.90 Å². The second-order valence-electron chi connectivity index (χ2n) is 1.27. The molecule has 10 heavy (non-hydrogen) atoms. The minimum absolute atomic E-state index is 0.250. The van der Waals surface area contributed by atoms with Crippen LogP contribution in [0.4, 0.5) is 0 Å². The van der Waals surface area contributed by atoms with E-state index in [0.717, 1.165) is 5.02 Å². The quantitative estimate of drug-likeness (QED) is 0.583. The molecular formula is C6H6ClNO2. The van der Waals surface area contributed by atoms with Crippen LogP contribution >= 0.6 is 11.6 Å². The Bertz CT molecular complexity index is 178. The Morgan fingerprint density at radius 3 is 2.10 bits per heavy atom. The van der Waals surface area contributed by atoms with Crippen molar-refractivity contribution in [2.75, 3.05) is 0 Å². The van der Waals surface area contributed by atoms with Gasteiger partial charge in [0.15, 0.2) is 0 Å². The van der Waals surface area contributed by atoms with Gasteiger partial charge < -0.3 is 5.11 Å². The van der Waals surface area contributed by atoms with Crippen LogP contribution < -0.4 is 0 Å². The third-order valence-electron chi connectivity index (χ3n) is 0.640. The minimum atomic E-state index is -0.250. The summed E-state index contributed by atoms with van der Waals surface area (Å²) in [7, 11) is 0. The number of nitrogens with zero attached hydrogens (tertiary/aromatic N) is 1. The third kappa shape index (κ3) is 5.05. The third-order valence-corrected chi connectivity index (χ3v) is 0.892. The summed E-state index contributed by atoms with van der Waals surface area (Å²) in [5, 5.41) is 7.62. The lowest BCUT2D eigenvalue weighted by Crippen LogP contribution is -1.63. The van der Waals surface area contributed by atoms with Gasteiger partial charge in [0, 0.05) is 17.4 Å². The standard InChI is InChI=1S/C5H4ClN.CH2O2/c6-5-1-3-7-4-2-5;2-1-3/h1-4H;1H,(H,2,3). The first-order chi connectivity index (χ1) is 4.81. The Labute approximate surface area is 63.3 Å². The minimum Gasteiger partial charge on any atom is -0.483 e. The van der Waals surface area contributed by atoms with Gasteiger partial charge in [0.1, 0.15) is 0 Å². The van der Waals surface area contributed by atoms with Crippen LogP contribution in [-0.4, -0.2) is 16.6 Å². The van der Waals surface area contributed by atoms with E-state index < -0.39 is 0 Å². The van der Waals surface area contributed by atoms with Crippen molar-refractivity contribution in [3.8, 4) is 0 Å². The highest BCUT2D eigenvalue weighted by Crippen LogP contribution is 2.01.